The second kappa shape index (κ2) is 10.2. The van der Waals surface area contributed by atoms with Crippen LogP contribution in [0.15, 0.2) is 34.2 Å². The molecule has 6 nitrogen and oxygen atoms in total. The van der Waals surface area contributed by atoms with Crippen molar-refractivity contribution in [1.29, 1.82) is 0 Å². The lowest BCUT2D eigenvalue weighted by molar-refractivity contribution is 0.131. The molecule has 0 bridgehead atoms. The summed E-state index contributed by atoms with van der Waals surface area (Å²) in [4.78, 5) is 4.58. The van der Waals surface area contributed by atoms with Crippen molar-refractivity contribution in [2.45, 2.75) is 70.4 Å². The van der Waals surface area contributed by atoms with Crippen molar-refractivity contribution in [3.8, 4) is 0 Å². The van der Waals surface area contributed by atoms with Crippen LogP contribution in [0, 0.1) is 5.41 Å². The highest BCUT2D eigenvalue weighted by molar-refractivity contribution is 14.0. The van der Waals surface area contributed by atoms with Gasteiger partial charge in [0.2, 0.25) is 10.0 Å². The van der Waals surface area contributed by atoms with Crippen LogP contribution in [0.3, 0.4) is 0 Å². The van der Waals surface area contributed by atoms with Crippen LogP contribution in [-0.2, 0) is 16.6 Å². The van der Waals surface area contributed by atoms with Gasteiger partial charge in [-0.15, -0.1) is 24.0 Å². The van der Waals surface area contributed by atoms with Gasteiger partial charge in [0.1, 0.15) is 0 Å². The predicted octanol–water partition coefficient (Wildman–Crippen LogP) is 3.63. The van der Waals surface area contributed by atoms with Crippen molar-refractivity contribution in [2.24, 2.45) is 10.4 Å². The lowest BCUT2D eigenvalue weighted by atomic mass is 9.67. The third-order valence-corrected chi connectivity index (χ3v) is 7.03. The SMILES string of the molecule is CCC1(CNC(=NC)NCc2ccccc2S(=O)(=O)NC(C)(C)C)CCC1.I. The van der Waals surface area contributed by atoms with Gasteiger partial charge < -0.3 is 10.6 Å². The number of nitrogens with one attached hydrogen (secondary N) is 3. The highest BCUT2D eigenvalue weighted by Crippen LogP contribution is 2.42. The van der Waals surface area contributed by atoms with Crippen molar-refractivity contribution in [3.63, 3.8) is 0 Å². The van der Waals surface area contributed by atoms with Crippen LogP contribution in [0.2, 0.25) is 0 Å². The Morgan fingerprint density at radius 1 is 1.18 bits per heavy atom. The van der Waals surface area contributed by atoms with Crippen molar-refractivity contribution in [1.82, 2.24) is 15.4 Å². The van der Waals surface area contributed by atoms with E-state index in [1.165, 1.54) is 19.3 Å². The quantitative estimate of drug-likeness (QED) is 0.290. The Labute approximate surface area is 187 Å². The fourth-order valence-electron chi connectivity index (χ4n) is 3.37. The van der Waals surface area contributed by atoms with E-state index >= 15 is 0 Å². The number of hydrogen-bond acceptors (Lipinski definition) is 3. The highest BCUT2D eigenvalue weighted by atomic mass is 127. The predicted molar refractivity (Wildman–Crippen MR) is 127 cm³/mol. The fourth-order valence-corrected chi connectivity index (χ4v) is 5.03. The topological polar surface area (TPSA) is 82.6 Å². The normalized spacial score (nSPS) is 16.7. The number of benzene rings is 1. The van der Waals surface area contributed by atoms with Gasteiger partial charge in [0.05, 0.1) is 4.90 Å². The third-order valence-electron chi connectivity index (χ3n) is 5.17. The van der Waals surface area contributed by atoms with Crippen molar-refractivity contribution < 1.29 is 8.42 Å². The Kier molecular flexibility index (Phi) is 9.21. The largest absolute Gasteiger partial charge is 0.356 e. The molecule has 28 heavy (non-hydrogen) atoms. The average Bonchev–Trinajstić information content (AvgIpc) is 2.55. The van der Waals surface area contributed by atoms with E-state index in [0.29, 0.717) is 28.4 Å². The first-order valence-electron chi connectivity index (χ1n) is 9.67. The molecule has 0 aromatic heterocycles. The number of nitrogens with zero attached hydrogens (tertiary/aromatic N) is 1. The minimum Gasteiger partial charge on any atom is -0.356 e. The average molecular weight is 522 g/mol. The van der Waals surface area contributed by atoms with Gasteiger partial charge in [0.25, 0.3) is 0 Å². The molecule has 2 rings (SSSR count). The van der Waals surface area contributed by atoms with Crippen LogP contribution in [0.4, 0.5) is 0 Å². The summed E-state index contributed by atoms with van der Waals surface area (Å²) in [7, 11) is -1.85. The summed E-state index contributed by atoms with van der Waals surface area (Å²) in [6.07, 6.45) is 4.98. The zero-order valence-electron chi connectivity index (χ0n) is 17.6. The van der Waals surface area contributed by atoms with Crippen LogP contribution < -0.4 is 15.4 Å². The van der Waals surface area contributed by atoms with Gasteiger partial charge in [0.15, 0.2) is 5.96 Å². The summed E-state index contributed by atoms with van der Waals surface area (Å²) in [5.41, 5.74) is 0.565. The van der Waals surface area contributed by atoms with E-state index in [1.54, 1.807) is 19.2 Å². The molecule has 1 aliphatic carbocycles. The first kappa shape index (κ1) is 25.2. The van der Waals surface area contributed by atoms with Crippen LogP contribution in [0.1, 0.15) is 58.9 Å². The number of guanidine groups is 1. The second-order valence-corrected chi connectivity index (χ2v) is 10.1. The molecule has 0 unspecified atom stereocenters. The van der Waals surface area contributed by atoms with Crippen molar-refractivity contribution in [2.75, 3.05) is 13.6 Å². The second-order valence-electron chi connectivity index (χ2n) is 8.45. The monoisotopic (exact) mass is 522 g/mol. The zero-order chi connectivity index (χ0) is 20.1. The maximum absolute atomic E-state index is 12.7. The molecular weight excluding hydrogens is 487 g/mol. The molecular formula is C20H35IN4O2S. The smallest absolute Gasteiger partial charge is 0.241 e. The Morgan fingerprint density at radius 3 is 2.32 bits per heavy atom. The molecule has 0 amide bonds. The molecule has 0 aliphatic heterocycles. The third kappa shape index (κ3) is 6.88. The molecule has 0 spiro atoms. The van der Waals surface area contributed by atoms with Gasteiger partial charge in [-0.1, -0.05) is 31.5 Å². The summed E-state index contributed by atoms with van der Waals surface area (Å²) in [5.74, 6) is 0.700. The Balaban J connectivity index is 0.00000392. The minimum absolute atomic E-state index is 0. The van der Waals surface area contributed by atoms with E-state index in [2.05, 4.69) is 27.3 Å². The van der Waals surface area contributed by atoms with Crippen LogP contribution in [0.5, 0.6) is 0 Å². The summed E-state index contributed by atoms with van der Waals surface area (Å²) in [6.45, 7) is 9.03. The molecule has 160 valence electrons. The fraction of sp³-hybridized carbons (Fsp3) is 0.650. The number of aliphatic imine (C=N–C) groups is 1. The summed E-state index contributed by atoms with van der Waals surface area (Å²) < 4.78 is 28.2. The van der Waals surface area contributed by atoms with E-state index in [0.717, 1.165) is 13.0 Å². The van der Waals surface area contributed by atoms with Gasteiger partial charge in [-0.05, 0) is 57.1 Å². The molecule has 3 N–H and O–H groups in total. The molecule has 1 saturated carbocycles. The van der Waals surface area contributed by atoms with Crippen molar-refractivity contribution in [3.05, 3.63) is 29.8 Å². The molecule has 1 aromatic rings. The van der Waals surface area contributed by atoms with Gasteiger partial charge in [0, 0.05) is 25.7 Å². The maximum atomic E-state index is 12.7. The van der Waals surface area contributed by atoms with Crippen LogP contribution in [-0.4, -0.2) is 33.5 Å². The lowest BCUT2D eigenvalue weighted by Crippen LogP contribution is -2.46. The van der Waals surface area contributed by atoms with E-state index in [1.807, 2.05) is 32.9 Å². The Hall–Kier alpha value is -0.870. The van der Waals surface area contributed by atoms with Crippen LogP contribution in [0.25, 0.3) is 0 Å². The van der Waals surface area contributed by atoms with Crippen molar-refractivity contribution >= 4 is 40.0 Å². The molecule has 0 saturated heterocycles. The van der Waals surface area contributed by atoms with E-state index in [9.17, 15) is 8.42 Å². The minimum atomic E-state index is -3.59. The van der Waals surface area contributed by atoms with Gasteiger partial charge in [-0.2, -0.15) is 0 Å². The standard InChI is InChI=1S/C20H34N4O2S.HI/c1-6-20(12-9-13-20)15-23-18(21-5)22-14-16-10-7-8-11-17(16)27(25,26)24-19(2,3)4;/h7-8,10-11,24H,6,9,12-15H2,1-5H3,(H2,21,22,23);1H. The zero-order valence-corrected chi connectivity index (χ0v) is 20.8. The molecule has 0 radical (unpaired) electrons. The Morgan fingerprint density at radius 2 is 1.82 bits per heavy atom. The van der Waals surface area contributed by atoms with E-state index < -0.39 is 15.6 Å². The maximum Gasteiger partial charge on any atom is 0.241 e. The molecule has 1 fully saturated rings. The summed E-state index contributed by atoms with van der Waals surface area (Å²) in [6, 6.07) is 7.07. The first-order chi connectivity index (χ1) is 12.6. The first-order valence-corrected chi connectivity index (χ1v) is 11.2. The van der Waals surface area contributed by atoms with Gasteiger partial charge >= 0.3 is 0 Å². The molecule has 8 heteroatoms. The Bertz CT molecular complexity index is 763. The lowest BCUT2D eigenvalue weighted by Gasteiger charge is -2.41. The van der Waals surface area contributed by atoms with E-state index in [4.69, 9.17) is 0 Å². The number of rotatable bonds is 7. The van der Waals surface area contributed by atoms with E-state index in [-0.39, 0.29) is 24.0 Å². The molecule has 0 atom stereocenters. The summed E-state index contributed by atoms with van der Waals surface area (Å²) >= 11 is 0. The molecule has 1 aromatic carbocycles. The number of hydrogen-bond donors (Lipinski definition) is 3. The van der Waals surface area contributed by atoms with Gasteiger partial charge in [-0.25, -0.2) is 13.1 Å². The van der Waals surface area contributed by atoms with Crippen LogP contribution >= 0.6 is 24.0 Å². The number of halogens is 1. The van der Waals surface area contributed by atoms with Gasteiger partial charge in [-0.3, -0.25) is 4.99 Å². The summed E-state index contributed by atoms with van der Waals surface area (Å²) in [5, 5.41) is 6.66. The number of sulfonamides is 1. The molecule has 1 aliphatic rings. The highest BCUT2D eigenvalue weighted by Gasteiger charge is 2.35. The molecule has 0 heterocycles.